The van der Waals surface area contributed by atoms with Gasteiger partial charge in [0, 0.05) is 25.2 Å². The molecule has 126 valence electrons. The number of nitrogens with one attached hydrogen (secondary N) is 1. The number of benzene rings is 1. The van der Waals surface area contributed by atoms with Gasteiger partial charge in [-0.25, -0.2) is 8.42 Å². The standard InChI is InChI=1S/C13H17N3O6S/c1-9(13(17)18)14-11-5-4-10(16(19)20)8-12(11)23(21,22)15-6-2-3-7-15/h4-5,8-9,14H,2-3,6-7H2,1H3,(H,17,18). The Hall–Kier alpha value is -2.20. The van der Waals surface area contributed by atoms with Gasteiger partial charge in [0.1, 0.15) is 10.9 Å². The molecule has 1 unspecified atom stereocenters. The van der Waals surface area contributed by atoms with Crippen LogP contribution in [0.25, 0.3) is 0 Å². The lowest BCUT2D eigenvalue weighted by Crippen LogP contribution is -2.30. The van der Waals surface area contributed by atoms with E-state index in [1.165, 1.54) is 17.3 Å². The van der Waals surface area contributed by atoms with Crippen LogP contribution in [-0.2, 0) is 14.8 Å². The van der Waals surface area contributed by atoms with Crippen molar-refractivity contribution in [2.75, 3.05) is 18.4 Å². The highest BCUT2D eigenvalue weighted by molar-refractivity contribution is 7.89. The summed E-state index contributed by atoms with van der Waals surface area (Å²) in [5, 5.41) is 22.5. The lowest BCUT2D eigenvalue weighted by atomic mass is 10.2. The zero-order valence-electron chi connectivity index (χ0n) is 12.4. The SMILES string of the molecule is CC(Nc1ccc([N+](=O)[O-])cc1S(=O)(=O)N1CCCC1)C(=O)O. The van der Waals surface area contributed by atoms with Crippen molar-refractivity contribution < 1.29 is 23.2 Å². The van der Waals surface area contributed by atoms with Crippen molar-refractivity contribution in [2.45, 2.75) is 30.7 Å². The zero-order chi connectivity index (χ0) is 17.2. The van der Waals surface area contributed by atoms with E-state index in [9.17, 15) is 23.3 Å². The first-order valence-corrected chi connectivity index (χ1v) is 8.45. The molecule has 2 rings (SSSR count). The van der Waals surface area contributed by atoms with Gasteiger partial charge >= 0.3 is 5.97 Å². The third kappa shape index (κ3) is 3.59. The molecule has 1 atom stereocenters. The van der Waals surface area contributed by atoms with Gasteiger partial charge in [-0.1, -0.05) is 0 Å². The van der Waals surface area contributed by atoms with Gasteiger partial charge in [0.25, 0.3) is 5.69 Å². The van der Waals surface area contributed by atoms with Crippen LogP contribution >= 0.6 is 0 Å². The maximum absolute atomic E-state index is 12.7. The van der Waals surface area contributed by atoms with Crippen LogP contribution in [0.15, 0.2) is 23.1 Å². The highest BCUT2D eigenvalue weighted by atomic mass is 32.2. The number of aliphatic carboxylic acids is 1. The molecule has 1 aromatic rings. The monoisotopic (exact) mass is 343 g/mol. The first-order valence-electron chi connectivity index (χ1n) is 7.01. The second-order valence-corrected chi connectivity index (χ2v) is 7.16. The average molecular weight is 343 g/mol. The number of nitrogens with zero attached hydrogens (tertiary/aromatic N) is 2. The Balaban J connectivity index is 2.50. The van der Waals surface area contributed by atoms with Crippen molar-refractivity contribution in [2.24, 2.45) is 0 Å². The number of rotatable bonds is 6. The van der Waals surface area contributed by atoms with Crippen LogP contribution in [0.1, 0.15) is 19.8 Å². The largest absolute Gasteiger partial charge is 0.480 e. The quantitative estimate of drug-likeness (QED) is 0.587. The first-order chi connectivity index (χ1) is 10.7. The summed E-state index contributed by atoms with van der Waals surface area (Å²) in [6.07, 6.45) is 1.45. The van der Waals surface area contributed by atoms with E-state index in [-0.39, 0.29) is 16.3 Å². The van der Waals surface area contributed by atoms with E-state index in [4.69, 9.17) is 5.11 Å². The maximum Gasteiger partial charge on any atom is 0.325 e. The number of hydrogen-bond donors (Lipinski definition) is 2. The normalized spacial score (nSPS) is 16.9. The summed E-state index contributed by atoms with van der Waals surface area (Å²) in [5.74, 6) is -1.16. The van der Waals surface area contributed by atoms with Gasteiger partial charge in [-0.15, -0.1) is 0 Å². The number of hydrogen-bond acceptors (Lipinski definition) is 6. The van der Waals surface area contributed by atoms with Gasteiger partial charge in [-0.3, -0.25) is 14.9 Å². The predicted molar refractivity (Wildman–Crippen MR) is 81.8 cm³/mol. The summed E-state index contributed by atoms with van der Waals surface area (Å²) < 4.78 is 26.6. The van der Waals surface area contributed by atoms with Crippen LogP contribution in [0.5, 0.6) is 0 Å². The fraction of sp³-hybridized carbons (Fsp3) is 0.462. The molecular formula is C13H17N3O6S. The molecule has 0 aromatic heterocycles. The Morgan fingerprint density at radius 1 is 1.39 bits per heavy atom. The Morgan fingerprint density at radius 2 is 2.00 bits per heavy atom. The third-order valence-corrected chi connectivity index (χ3v) is 5.54. The Morgan fingerprint density at radius 3 is 2.52 bits per heavy atom. The van der Waals surface area contributed by atoms with Gasteiger partial charge in [0.15, 0.2) is 0 Å². The molecule has 1 heterocycles. The third-order valence-electron chi connectivity index (χ3n) is 3.60. The van der Waals surface area contributed by atoms with Crippen molar-refractivity contribution in [3.63, 3.8) is 0 Å². The molecule has 10 heteroatoms. The zero-order valence-corrected chi connectivity index (χ0v) is 13.2. The first kappa shape index (κ1) is 17.2. The van der Waals surface area contributed by atoms with Gasteiger partial charge in [-0.2, -0.15) is 4.31 Å². The van der Waals surface area contributed by atoms with Crippen molar-refractivity contribution in [3.8, 4) is 0 Å². The molecule has 1 aliphatic rings. The Labute approximate surface area is 133 Å². The van der Waals surface area contributed by atoms with Gasteiger partial charge < -0.3 is 10.4 Å². The molecule has 1 aliphatic heterocycles. The molecule has 0 spiro atoms. The molecule has 0 bridgehead atoms. The highest BCUT2D eigenvalue weighted by Crippen LogP contribution is 2.31. The second kappa shape index (κ2) is 6.50. The Bertz CT molecular complexity index is 727. The lowest BCUT2D eigenvalue weighted by Gasteiger charge is -2.20. The predicted octanol–water partition coefficient (Wildman–Crippen LogP) is 1.26. The van der Waals surface area contributed by atoms with Crippen LogP contribution in [0.4, 0.5) is 11.4 Å². The van der Waals surface area contributed by atoms with E-state index in [0.717, 1.165) is 25.0 Å². The van der Waals surface area contributed by atoms with Crippen molar-refractivity contribution in [3.05, 3.63) is 28.3 Å². The summed E-state index contributed by atoms with van der Waals surface area (Å²) in [6.45, 7) is 2.05. The summed E-state index contributed by atoms with van der Waals surface area (Å²) in [4.78, 5) is 20.9. The summed E-state index contributed by atoms with van der Waals surface area (Å²) in [5.41, 5.74) is -0.325. The van der Waals surface area contributed by atoms with E-state index in [2.05, 4.69) is 5.32 Å². The van der Waals surface area contributed by atoms with Crippen LogP contribution in [0.2, 0.25) is 0 Å². The molecular weight excluding hydrogens is 326 g/mol. The maximum atomic E-state index is 12.7. The molecule has 23 heavy (non-hydrogen) atoms. The molecule has 1 aromatic carbocycles. The summed E-state index contributed by atoms with van der Waals surface area (Å²) >= 11 is 0. The summed E-state index contributed by atoms with van der Waals surface area (Å²) in [7, 11) is -3.92. The number of anilines is 1. The number of carboxylic acids is 1. The molecule has 0 aliphatic carbocycles. The minimum absolute atomic E-state index is 0.0393. The molecule has 1 saturated heterocycles. The number of carbonyl (C=O) groups is 1. The van der Waals surface area contributed by atoms with Gasteiger partial charge in [-0.05, 0) is 25.8 Å². The highest BCUT2D eigenvalue weighted by Gasteiger charge is 2.31. The lowest BCUT2D eigenvalue weighted by molar-refractivity contribution is -0.385. The number of nitro groups is 1. The van der Waals surface area contributed by atoms with Crippen LogP contribution in [0, 0.1) is 10.1 Å². The fourth-order valence-corrected chi connectivity index (χ4v) is 4.01. The van der Waals surface area contributed by atoms with E-state index in [0.29, 0.717) is 13.1 Å². The van der Waals surface area contributed by atoms with Gasteiger partial charge in [0.2, 0.25) is 10.0 Å². The van der Waals surface area contributed by atoms with Crippen LogP contribution < -0.4 is 5.32 Å². The minimum atomic E-state index is -3.92. The van der Waals surface area contributed by atoms with E-state index in [1.54, 1.807) is 0 Å². The molecule has 0 radical (unpaired) electrons. The van der Waals surface area contributed by atoms with Crippen LogP contribution in [-0.4, -0.2) is 47.9 Å². The van der Waals surface area contributed by atoms with E-state index in [1.807, 2.05) is 0 Å². The van der Waals surface area contributed by atoms with E-state index >= 15 is 0 Å². The minimum Gasteiger partial charge on any atom is -0.480 e. The number of nitro benzene ring substituents is 1. The molecule has 2 N–H and O–H groups in total. The molecule has 9 nitrogen and oxygen atoms in total. The molecule has 0 saturated carbocycles. The van der Waals surface area contributed by atoms with Crippen molar-refractivity contribution in [1.29, 1.82) is 0 Å². The molecule has 0 amide bonds. The second-order valence-electron chi connectivity index (χ2n) is 5.25. The summed E-state index contributed by atoms with van der Waals surface area (Å²) in [6, 6.07) is 2.29. The van der Waals surface area contributed by atoms with E-state index < -0.39 is 27.0 Å². The number of sulfonamides is 1. The average Bonchev–Trinajstić information content (AvgIpc) is 3.02. The smallest absolute Gasteiger partial charge is 0.325 e. The fourth-order valence-electron chi connectivity index (χ4n) is 2.32. The van der Waals surface area contributed by atoms with Crippen molar-refractivity contribution in [1.82, 2.24) is 4.31 Å². The topological polar surface area (TPSA) is 130 Å². The number of non-ortho nitro benzene ring substituents is 1. The Kier molecular flexibility index (Phi) is 4.85. The molecule has 1 fully saturated rings. The van der Waals surface area contributed by atoms with Crippen molar-refractivity contribution >= 4 is 27.4 Å². The number of carboxylic acid groups (broad SMARTS) is 1. The van der Waals surface area contributed by atoms with Crippen LogP contribution in [0.3, 0.4) is 0 Å². The van der Waals surface area contributed by atoms with Gasteiger partial charge in [0.05, 0.1) is 10.6 Å².